The topological polar surface area (TPSA) is 25.8 Å². The van der Waals surface area contributed by atoms with Gasteiger partial charge in [-0.25, -0.2) is 0 Å². The summed E-state index contributed by atoms with van der Waals surface area (Å²) in [5.74, 6) is 3.21. The molecule has 2 nitrogen and oxygen atoms in total. The van der Waals surface area contributed by atoms with E-state index >= 15 is 0 Å². The van der Waals surface area contributed by atoms with E-state index in [9.17, 15) is 0 Å². The zero-order valence-corrected chi connectivity index (χ0v) is 14.4. The largest absolute Gasteiger partial charge is 0.155 e. The van der Waals surface area contributed by atoms with Gasteiger partial charge in [0, 0.05) is 11.8 Å². The van der Waals surface area contributed by atoms with Crippen LogP contribution in [0.1, 0.15) is 101 Å². The molecule has 22 heavy (non-hydrogen) atoms. The van der Waals surface area contributed by atoms with Crippen LogP contribution in [-0.2, 0) is 0 Å². The van der Waals surface area contributed by atoms with E-state index in [0.29, 0.717) is 11.8 Å². The van der Waals surface area contributed by atoms with Crippen LogP contribution in [0.3, 0.4) is 0 Å². The normalized spacial score (nSPS) is 32.8. The second-order valence-electron chi connectivity index (χ2n) is 7.85. The summed E-state index contributed by atoms with van der Waals surface area (Å²) in [4.78, 5) is 0. The summed E-state index contributed by atoms with van der Waals surface area (Å²) in [7, 11) is 0. The van der Waals surface area contributed by atoms with Gasteiger partial charge in [-0.15, -0.1) is 0 Å². The third-order valence-corrected chi connectivity index (χ3v) is 6.10. The Balaban J connectivity index is 1.56. The smallest absolute Gasteiger partial charge is 0.0662 e. The molecule has 2 fully saturated rings. The molecule has 0 N–H and O–H groups in total. The van der Waals surface area contributed by atoms with E-state index in [-0.39, 0.29) is 0 Å². The highest BCUT2D eigenvalue weighted by Crippen LogP contribution is 2.38. The first-order chi connectivity index (χ1) is 10.8. The predicted molar refractivity (Wildman–Crippen MR) is 92.0 cm³/mol. The molecule has 3 rings (SSSR count). The first-order valence-electron chi connectivity index (χ1n) is 9.59. The van der Waals surface area contributed by atoms with Crippen LogP contribution in [0.4, 0.5) is 0 Å². The molecule has 1 heterocycles. The predicted octanol–water partition coefficient (Wildman–Crippen LogP) is 5.84. The molecule has 2 saturated carbocycles. The number of hydrogen-bond donors (Lipinski definition) is 0. The van der Waals surface area contributed by atoms with Crippen molar-refractivity contribution in [1.82, 2.24) is 10.2 Å². The van der Waals surface area contributed by atoms with Crippen molar-refractivity contribution in [2.24, 2.45) is 11.8 Å². The van der Waals surface area contributed by atoms with E-state index in [1.54, 1.807) is 0 Å². The van der Waals surface area contributed by atoms with Gasteiger partial charge in [-0.3, -0.25) is 0 Å². The minimum absolute atomic E-state index is 0.665. The third-order valence-electron chi connectivity index (χ3n) is 6.10. The molecular weight excluding hydrogens is 268 g/mol. The summed E-state index contributed by atoms with van der Waals surface area (Å²) in [6.07, 6.45) is 13.5. The molecule has 0 spiro atoms. The molecule has 0 amide bonds. The Morgan fingerprint density at radius 2 is 1.32 bits per heavy atom. The van der Waals surface area contributed by atoms with Gasteiger partial charge in [0.05, 0.1) is 11.4 Å². The second kappa shape index (κ2) is 7.57. The number of nitrogens with zero attached hydrogens (tertiary/aromatic N) is 2. The maximum absolute atomic E-state index is 4.62. The van der Waals surface area contributed by atoms with Crippen LogP contribution in [0.5, 0.6) is 0 Å². The average molecular weight is 300 g/mol. The lowest BCUT2D eigenvalue weighted by atomic mass is 9.78. The Morgan fingerprint density at radius 3 is 1.77 bits per heavy atom. The van der Waals surface area contributed by atoms with Crippen molar-refractivity contribution in [3.05, 3.63) is 23.5 Å². The van der Waals surface area contributed by atoms with Crippen molar-refractivity contribution in [2.45, 2.75) is 89.9 Å². The van der Waals surface area contributed by atoms with Crippen LogP contribution in [0, 0.1) is 11.8 Å². The van der Waals surface area contributed by atoms with Crippen LogP contribution in [0.15, 0.2) is 12.1 Å². The van der Waals surface area contributed by atoms with Gasteiger partial charge in [0.2, 0.25) is 0 Å². The molecule has 0 radical (unpaired) electrons. The minimum atomic E-state index is 0.665. The van der Waals surface area contributed by atoms with Gasteiger partial charge in [0.1, 0.15) is 0 Å². The van der Waals surface area contributed by atoms with Crippen LogP contribution in [-0.4, -0.2) is 10.2 Å². The Bertz CT molecular complexity index is 437. The quantitative estimate of drug-likeness (QED) is 0.697. The second-order valence-corrected chi connectivity index (χ2v) is 7.85. The molecule has 0 aromatic carbocycles. The zero-order valence-electron chi connectivity index (χ0n) is 14.4. The van der Waals surface area contributed by atoms with Crippen molar-refractivity contribution in [3.8, 4) is 0 Å². The van der Waals surface area contributed by atoms with E-state index in [0.717, 1.165) is 11.8 Å². The van der Waals surface area contributed by atoms with Gasteiger partial charge in [0.15, 0.2) is 0 Å². The molecular formula is C20H32N2. The molecule has 0 saturated heterocycles. The van der Waals surface area contributed by atoms with Gasteiger partial charge in [-0.1, -0.05) is 39.5 Å². The standard InChI is InChI=1S/C20H32N2/c1-3-4-16-7-11-18(12-8-16)20-14-13-19(21-22-20)17-9-5-15(2)6-10-17/h13-18H,3-12H2,1-2H3. The van der Waals surface area contributed by atoms with Gasteiger partial charge >= 0.3 is 0 Å². The van der Waals surface area contributed by atoms with Crippen LogP contribution >= 0.6 is 0 Å². The van der Waals surface area contributed by atoms with E-state index < -0.39 is 0 Å². The molecule has 0 unspecified atom stereocenters. The highest BCUT2D eigenvalue weighted by Gasteiger charge is 2.24. The Kier molecular flexibility index (Phi) is 5.49. The fourth-order valence-corrected chi connectivity index (χ4v) is 4.50. The minimum Gasteiger partial charge on any atom is -0.155 e. The average Bonchev–Trinajstić information content (AvgIpc) is 2.57. The number of rotatable bonds is 4. The molecule has 1 aromatic heterocycles. The molecule has 0 bridgehead atoms. The molecule has 2 aliphatic rings. The van der Waals surface area contributed by atoms with E-state index in [1.807, 2.05) is 0 Å². The SMILES string of the molecule is CCCC1CCC(c2ccc(C3CCC(C)CC3)nn2)CC1. The molecule has 0 aliphatic heterocycles. The fourth-order valence-electron chi connectivity index (χ4n) is 4.50. The van der Waals surface area contributed by atoms with Gasteiger partial charge in [-0.2, -0.15) is 10.2 Å². The van der Waals surface area contributed by atoms with Crippen molar-refractivity contribution in [2.75, 3.05) is 0 Å². The molecule has 122 valence electrons. The zero-order chi connectivity index (χ0) is 15.4. The monoisotopic (exact) mass is 300 g/mol. The maximum Gasteiger partial charge on any atom is 0.0662 e. The number of hydrogen-bond acceptors (Lipinski definition) is 2. The van der Waals surface area contributed by atoms with Crippen LogP contribution < -0.4 is 0 Å². The lowest BCUT2D eigenvalue weighted by Gasteiger charge is -2.28. The summed E-state index contributed by atoms with van der Waals surface area (Å²) in [6, 6.07) is 4.56. The van der Waals surface area contributed by atoms with Gasteiger partial charge < -0.3 is 0 Å². The van der Waals surface area contributed by atoms with Crippen molar-refractivity contribution in [1.29, 1.82) is 0 Å². The van der Waals surface area contributed by atoms with E-state index in [2.05, 4.69) is 36.2 Å². The van der Waals surface area contributed by atoms with Gasteiger partial charge in [0.25, 0.3) is 0 Å². The molecule has 2 aliphatic carbocycles. The van der Waals surface area contributed by atoms with Crippen molar-refractivity contribution in [3.63, 3.8) is 0 Å². The Labute approximate surface area is 136 Å². The highest BCUT2D eigenvalue weighted by molar-refractivity contribution is 5.15. The highest BCUT2D eigenvalue weighted by atomic mass is 15.1. The van der Waals surface area contributed by atoms with Gasteiger partial charge in [-0.05, 0) is 62.5 Å². The van der Waals surface area contributed by atoms with E-state index in [1.165, 1.54) is 75.6 Å². The summed E-state index contributed by atoms with van der Waals surface area (Å²) in [5.41, 5.74) is 2.50. The summed E-state index contributed by atoms with van der Waals surface area (Å²) < 4.78 is 0. The summed E-state index contributed by atoms with van der Waals surface area (Å²) in [6.45, 7) is 4.68. The number of aromatic nitrogens is 2. The molecule has 0 atom stereocenters. The van der Waals surface area contributed by atoms with Crippen LogP contribution in [0.2, 0.25) is 0 Å². The summed E-state index contributed by atoms with van der Waals surface area (Å²) in [5, 5.41) is 9.23. The summed E-state index contributed by atoms with van der Waals surface area (Å²) >= 11 is 0. The lowest BCUT2D eigenvalue weighted by molar-refractivity contribution is 0.304. The third kappa shape index (κ3) is 3.88. The first kappa shape index (κ1) is 16.0. The van der Waals surface area contributed by atoms with E-state index in [4.69, 9.17) is 0 Å². The maximum atomic E-state index is 4.62. The van der Waals surface area contributed by atoms with Crippen molar-refractivity contribution < 1.29 is 0 Å². The van der Waals surface area contributed by atoms with Crippen LogP contribution in [0.25, 0.3) is 0 Å². The lowest BCUT2D eigenvalue weighted by Crippen LogP contribution is -2.16. The first-order valence-corrected chi connectivity index (χ1v) is 9.59. The fraction of sp³-hybridized carbons (Fsp3) is 0.800. The molecule has 1 aromatic rings. The van der Waals surface area contributed by atoms with Crippen molar-refractivity contribution >= 4 is 0 Å². The Hall–Kier alpha value is -0.920. The molecule has 2 heteroatoms. The Morgan fingerprint density at radius 1 is 0.818 bits per heavy atom.